The number of carbonyl (C=O) groups is 1. The molecule has 24 heavy (non-hydrogen) atoms. The Kier molecular flexibility index (Phi) is 4.93. The van der Waals surface area contributed by atoms with Crippen LogP contribution in [-0.4, -0.2) is 24.8 Å². The molecule has 132 valence electrons. The lowest BCUT2D eigenvalue weighted by Crippen LogP contribution is -2.49. The fourth-order valence-corrected chi connectivity index (χ4v) is 3.52. The Bertz CT molecular complexity index is 615. The Morgan fingerprint density at radius 3 is 2.54 bits per heavy atom. The molecule has 1 aliphatic heterocycles. The Balaban J connectivity index is 1.60. The summed E-state index contributed by atoms with van der Waals surface area (Å²) in [5.74, 6) is -5.77. The molecular formula is C16H18F4N2O2. The first kappa shape index (κ1) is 17.0. The van der Waals surface area contributed by atoms with Gasteiger partial charge in [0.25, 0.3) is 0 Å². The Morgan fingerprint density at radius 1 is 1.12 bits per heavy atom. The molecule has 0 bridgehead atoms. The van der Waals surface area contributed by atoms with Gasteiger partial charge in [0.2, 0.25) is 0 Å². The van der Waals surface area contributed by atoms with Crippen molar-refractivity contribution in [3.05, 3.63) is 34.9 Å². The van der Waals surface area contributed by atoms with Crippen LogP contribution in [0.1, 0.15) is 31.2 Å². The summed E-state index contributed by atoms with van der Waals surface area (Å²) in [6.07, 6.45) is 3.67. The number of benzene rings is 1. The van der Waals surface area contributed by atoms with Crippen LogP contribution < -0.4 is 10.6 Å². The van der Waals surface area contributed by atoms with Crippen molar-refractivity contribution < 1.29 is 27.1 Å². The van der Waals surface area contributed by atoms with Crippen LogP contribution in [0.25, 0.3) is 0 Å². The molecule has 1 saturated carbocycles. The molecule has 8 heteroatoms. The van der Waals surface area contributed by atoms with Crippen molar-refractivity contribution in [1.82, 2.24) is 10.6 Å². The number of fused-ring (bicyclic) bond motifs is 1. The smallest absolute Gasteiger partial charge is 0.315 e. The second-order valence-corrected chi connectivity index (χ2v) is 6.17. The van der Waals surface area contributed by atoms with Crippen LogP contribution in [0.5, 0.6) is 0 Å². The fourth-order valence-electron chi connectivity index (χ4n) is 3.52. The maximum absolute atomic E-state index is 13.6. The molecule has 4 nitrogen and oxygen atoms in total. The van der Waals surface area contributed by atoms with Gasteiger partial charge in [-0.05, 0) is 25.7 Å². The van der Waals surface area contributed by atoms with Gasteiger partial charge in [0.05, 0.1) is 12.6 Å². The van der Waals surface area contributed by atoms with E-state index in [4.69, 9.17) is 4.74 Å². The second-order valence-electron chi connectivity index (χ2n) is 6.17. The van der Waals surface area contributed by atoms with Gasteiger partial charge in [-0.3, -0.25) is 0 Å². The number of halogens is 4. The number of ether oxygens (including phenoxy) is 1. The van der Waals surface area contributed by atoms with Crippen LogP contribution in [-0.2, 0) is 11.3 Å². The Morgan fingerprint density at radius 2 is 1.83 bits per heavy atom. The highest BCUT2D eigenvalue weighted by Crippen LogP contribution is 2.34. The summed E-state index contributed by atoms with van der Waals surface area (Å²) in [7, 11) is 0. The van der Waals surface area contributed by atoms with Crippen molar-refractivity contribution >= 4 is 6.03 Å². The van der Waals surface area contributed by atoms with Crippen molar-refractivity contribution in [2.45, 2.75) is 44.4 Å². The molecule has 1 aromatic rings. The van der Waals surface area contributed by atoms with Crippen LogP contribution in [0.15, 0.2) is 6.07 Å². The molecule has 0 spiro atoms. The molecule has 2 N–H and O–H groups in total. The first-order valence-electron chi connectivity index (χ1n) is 7.95. The molecule has 2 amide bonds. The van der Waals surface area contributed by atoms with Crippen molar-refractivity contribution in [1.29, 1.82) is 0 Å². The molecule has 3 atom stereocenters. The van der Waals surface area contributed by atoms with Gasteiger partial charge in [-0.15, -0.1) is 0 Å². The minimum absolute atomic E-state index is 0.0785. The average Bonchev–Trinajstić information content (AvgIpc) is 3.03. The van der Waals surface area contributed by atoms with Crippen LogP contribution in [0.4, 0.5) is 22.4 Å². The zero-order valence-electron chi connectivity index (χ0n) is 12.9. The second kappa shape index (κ2) is 6.96. The van der Waals surface area contributed by atoms with Gasteiger partial charge >= 0.3 is 6.03 Å². The van der Waals surface area contributed by atoms with Gasteiger partial charge in [0.15, 0.2) is 23.3 Å². The lowest BCUT2D eigenvalue weighted by atomic mass is 9.82. The zero-order valence-corrected chi connectivity index (χ0v) is 12.9. The van der Waals surface area contributed by atoms with Crippen molar-refractivity contribution in [3.8, 4) is 0 Å². The van der Waals surface area contributed by atoms with Crippen LogP contribution >= 0.6 is 0 Å². The third-order valence-electron chi connectivity index (χ3n) is 4.73. The van der Waals surface area contributed by atoms with Gasteiger partial charge in [0.1, 0.15) is 0 Å². The first-order chi connectivity index (χ1) is 11.5. The molecule has 0 radical (unpaired) electrons. The highest BCUT2D eigenvalue weighted by atomic mass is 19.2. The average molecular weight is 346 g/mol. The predicted octanol–water partition coefficient (Wildman–Crippen LogP) is 3.00. The van der Waals surface area contributed by atoms with Gasteiger partial charge in [-0.1, -0.05) is 0 Å². The number of carbonyl (C=O) groups excluding carboxylic acids is 1. The highest BCUT2D eigenvalue weighted by molar-refractivity contribution is 5.74. The molecule has 2 fully saturated rings. The minimum Gasteiger partial charge on any atom is -0.378 e. The summed E-state index contributed by atoms with van der Waals surface area (Å²) in [6, 6.07) is -0.572. The number of rotatable bonds is 3. The fraction of sp³-hybridized carbons (Fsp3) is 0.562. The largest absolute Gasteiger partial charge is 0.378 e. The van der Waals surface area contributed by atoms with E-state index in [-0.39, 0.29) is 24.1 Å². The van der Waals surface area contributed by atoms with Gasteiger partial charge in [-0.25, -0.2) is 22.4 Å². The Labute approximate surface area is 136 Å². The summed E-state index contributed by atoms with van der Waals surface area (Å²) < 4.78 is 59.0. The van der Waals surface area contributed by atoms with E-state index < -0.39 is 41.4 Å². The van der Waals surface area contributed by atoms with Crippen LogP contribution in [0.2, 0.25) is 0 Å². The number of hydrogen-bond donors (Lipinski definition) is 2. The normalized spacial score (nSPS) is 26.1. The molecule has 1 saturated heterocycles. The third-order valence-corrected chi connectivity index (χ3v) is 4.73. The number of nitrogens with one attached hydrogen (secondary N) is 2. The van der Waals surface area contributed by atoms with Gasteiger partial charge < -0.3 is 15.4 Å². The quantitative estimate of drug-likeness (QED) is 0.653. The molecule has 0 unspecified atom stereocenters. The zero-order chi connectivity index (χ0) is 17.3. The third kappa shape index (κ3) is 3.33. The summed E-state index contributed by atoms with van der Waals surface area (Å²) in [6.45, 7) is 0.0175. The predicted molar refractivity (Wildman–Crippen MR) is 77.1 cm³/mol. The van der Waals surface area contributed by atoms with E-state index in [1.54, 1.807) is 0 Å². The molecule has 1 aliphatic carbocycles. The maximum atomic E-state index is 13.6. The van der Waals surface area contributed by atoms with E-state index >= 15 is 0 Å². The number of hydrogen-bond acceptors (Lipinski definition) is 2. The van der Waals surface area contributed by atoms with Gasteiger partial charge in [0, 0.05) is 30.2 Å². The molecule has 2 aliphatic rings. The van der Waals surface area contributed by atoms with Crippen molar-refractivity contribution in [2.75, 3.05) is 6.61 Å². The van der Waals surface area contributed by atoms with Crippen molar-refractivity contribution in [3.63, 3.8) is 0 Å². The standard InChI is InChI=1S/C16H18F4N2O2/c17-10-6-11(18)15(20)9(14(10)19)7-21-16(23)22-12-2-1-3-13-8(12)4-5-24-13/h6,8,12-13H,1-5,7H2,(H2,21,22,23)/t8-,12-,13+/m1/s1. The molecule has 1 aromatic carbocycles. The molecule has 0 aromatic heterocycles. The molecule has 3 rings (SSSR count). The van der Waals surface area contributed by atoms with Gasteiger partial charge in [-0.2, -0.15) is 0 Å². The molecule has 1 heterocycles. The molecular weight excluding hydrogens is 328 g/mol. The lowest BCUT2D eigenvalue weighted by molar-refractivity contribution is 0.0549. The van der Waals surface area contributed by atoms with E-state index in [2.05, 4.69) is 10.6 Å². The number of amides is 2. The van der Waals surface area contributed by atoms with E-state index in [1.807, 2.05) is 0 Å². The monoisotopic (exact) mass is 346 g/mol. The van der Waals surface area contributed by atoms with E-state index in [0.29, 0.717) is 6.61 Å². The summed E-state index contributed by atoms with van der Waals surface area (Å²) >= 11 is 0. The summed E-state index contributed by atoms with van der Waals surface area (Å²) in [5.41, 5.74) is -0.839. The maximum Gasteiger partial charge on any atom is 0.315 e. The SMILES string of the molecule is O=C(NCc1c(F)c(F)cc(F)c1F)N[C@@H]1CCC[C@@H]2OCC[C@@H]21. The highest BCUT2D eigenvalue weighted by Gasteiger charge is 2.38. The lowest BCUT2D eigenvalue weighted by Gasteiger charge is -2.33. The van der Waals surface area contributed by atoms with Crippen molar-refractivity contribution in [2.24, 2.45) is 5.92 Å². The van der Waals surface area contributed by atoms with E-state index in [0.717, 1.165) is 25.7 Å². The number of urea groups is 1. The summed E-state index contributed by atoms with van der Waals surface area (Å²) in [5, 5.41) is 5.02. The summed E-state index contributed by atoms with van der Waals surface area (Å²) in [4.78, 5) is 12.0. The Hall–Kier alpha value is -1.83. The minimum atomic E-state index is -1.50. The van der Waals surface area contributed by atoms with E-state index in [9.17, 15) is 22.4 Å². The first-order valence-corrected chi connectivity index (χ1v) is 7.95. The van der Waals surface area contributed by atoms with Crippen LogP contribution in [0, 0.1) is 29.2 Å². The topological polar surface area (TPSA) is 50.4 Å². The van der Waals surface area contributed by atoms with Crippen LogP contribution in [0.3, 0.4) is 0 Å². The van der Waals surface area contributed by atoms with E-state index in [1.165, 1.54) is 0 Å².